The Balaban J connectivity index is 2.03. The van der Waals surface area contributed by atoms with Crippen molar-refractivity contribution in [2.75, 3.05) is 0 Å². The Bertz CT molecular complexity index is 520. The zero-order valence-corrected chi connectivity index (χ0v) is 11.3. The Morgan fingerprint density at radius 1 is 1.11 bits per heavy atom. The number of aromatic nitrogens is 1. The van der Waals surface area contributed by atoms with Gasteiger partial charge in [0.2, 0.25) is 0 Å². The second-order valence-corrected chi connectivity index (χ2v) is 4.76. The predicted octanol–water partition coefficient (Wildman–Crippen LogP) is 3.55. The molecule has 2 aromatic rings. The number of pyridine rings is 1. The quantitative estimate of drug-likeness (QED) is 0.884. The lowest BCUT2D eigenvalue weighted by Gasteiger charge is -2.17. The summed E-state index contributed by atoms with van der Waals surface area (Å²) in [6.07, 6.45) is 3.76. The second kappa shape index (κ2) is 5.78. The van der Waals surface area contributed by atoms with Crippen LogP contribution in [0.3, 0.4) is 0 Å². The van der Waals surface area contributed by atoms with Crippen molar-refractivity contribution in [3.05, 3.63) is 65.0 Å². The molecule has 94 valence electrons. The maximum absolute atomic E-state index is 4.12. The van der Waals surface area contributed by atoms with Gasteiger partial charge in [-0.1, -0.05) is 24.3 Å². The fourth-order valence-corrected chi connectivity index (χ4v) is 2.15. The molecule has 1 heterocycles. The summed E-state index contributed by atoms with van der Waals surface area (Å²) in [6, 6.07) is 11.0. The molecule has 0 radical (unpaired) electrons. The lowest BCUT2D eigenvalue weighted by Crippen LogP contribution is -2.19. The maximum atomic E-state index is 4.12. The van der Waals surface area contributed by atoms with E-state index in [4.69, 9.17) is 0 Å². The lowest BCUT2D eigenvalue weighted by molar-refractivity contribution is 0.570. The third kappa shape index (κ3) is 2.96. The van der Waals surface area contributed by atoms with E-state index in [-0.39, 0.29) is 0 Å². The molecule has 0 saturated carbocycles. The number of benzene rings is 1. The van der Waals surface area contributed by atoms with E-state index in [0.717, 1.165) is 6.54 Å². The molecule has 0 bridgehead atoms. The highest BCUT2D eigenvalue weighted by Gasteiger charge is 2.07. The average Bonchev–Trinajstić information content (AvgIpc) is 2.38. The second-order valence-electron chi connectivity index (χ2n) is 4.76. The van der Waals surface area contributed by atoms with Gasteiger partial charge in [0.25, 0.3) is 0 Å². The molecule has 0 aliphatic carbocycles. The SMILES string of the molecule is Cc1cnccc1CNC(C)c1ccccc1C. The van der Waals surface area contributed by atoms with Crippen LogP contribution >= 0.6 is 0 Å². The van der Waals surface area contributed by atoms with Crippen molar-refractivity contribution in [1.29, 1.82) is 0 Å². The van der Waals surface area contributed by atoms with Gasteiger partial charge in [-0.15, -0.1) is 0 Å². The third-order valence-corrected chi connectivity index (χ3v) is 3.39. The molecule has 0 fully saturated rings. The first kappa shape index (κ1) is 12.8. The molecule has 0 spiro atoms. The first-order valence-electron chi connectivity index (χ1n) is 6.37. The van der Waals surface area contributed by atoms with Crippen molar-refractivity contribution in [3.8, 4) is 0 Å². The molecule has 0 amide bonds. The van der Waals surface area contributed by atoms with Gasteiger partial charge in [0, 0.05) is 25.0 Å². The molecular formula is C16H20N2. The topological polar surface area (TPSA) is 24.9 Å². The van der Waals surface area contributed by atoms with Gasteiger partial charge in [0.15, 0.2) is 0 Å². The number of rotatable bonds is 4. The van der Waals surface area contributed by atoms with Crippen molar-refractivity contribution in [3.63, 3.8) is 0 Å². The van der Waals surface area contributed by atoms with Crippen molar-refractivity contribution in [2.45, 2.75) is 33.4 Å². The number of nitrogens with one attached hydrogen (secondary N) is 1. The number of hydrogen-bond acceptors (Lipinski definition) is 2. The average molecular weight is 240 g/mol. The van der Waals surface area contributed by atoms with E-state index < -0.39 is 0 Å². The van der Waals surface area contributed by atoms with E-state index >= 15 is 0 Å². The summed E-state index contributed by atoms with van der Waals surface area (Å²) in [6.45, 7) is 7.34. The van der Waals surface area contributed by atoms with Crippen LogP contribution in [0.4, 0.5) is 0 Å². The van der Waals surface area contributed by atoms with Gasteiger partial charge in [-0.05, 0) is 49.1 Å². The molecule has 1 atom stereocenters. The Morgan fingerprint density at radius 2 is 1.89 bits per heavy atom. The molecule has 0 aliphatic heterocycles. The van der Waals surface area contributed by atoms with Crippen LogP contribution in [0.5, 0.6) is 0 Å². The van der Waals surface area contributed by atoms with Gasteiger partial charge in [0.05, 0.1) is 0 Å². The third-order valence-electron chi connectivity index (χ3n) is 3.39. The monoisotopic (exact) mass is 240 g/mol. The van der Waals surface area contributed by atoms with Crippen LogP contribution in [0.15, 0.2) is 42.7 Å². The van der Waals surface area contributed by atoms with Crippen LogP contribution in [0.1, 0.15) is 35.2 Å². The van der Waals surface area contributed by atoms with E-state index in [0.29, 0.717) is 6.04 Å². The molecule has 0 aliphatic rings. The van der Waals surface area contributed by atoms with Crippen molar-refractivity contribution < 1.29 is 0 Å². The first-order valence-corrected chi connectivity index (χ1v) is 6.37. The highest BCUT2D eigenvalue weighted by molar-refractivity contribution is 5.28. The van der Waals surface area contributed by atoms with Crippen LogP contribution in [0.2, 0.25) is 0 Å². The van der Waals surface area contributed by atoms with E-state index in [1.54, 1.807) is 0 Å². The number of aryl methyl sites for hydroxylation is 2. The Kier molecular flexibility index (Phi) is 4.11. The molecule has 2 rings (SSSR count). The normalized spacial score (nSPS) is 12.4. The summed E-state index contributed by atoms with van der Waals surface area (Å²) < 4.78 is 0. The van der Waals surface area contributed by atoms with Crippen LogP contribution in [0, 0.1) is 13.8 Å². The zero-order valence-electron chi connectivity index (χ0n) is 11.3. The Labute approximate surface area is 109 Å². The predicted molar refractivity (Wildman–Crippen MR) is 75.4 cm³/mol. The number of nitrogens with zero attached hydrogens (tertiary/aromatic N) is 1. The standard InChI is InChI=1S/C16H20N2/c1-12-6-4-5-7-16(12)14(3)18-11-15-8-9-17-10-13(15)2/h4-10,14,18H,11H2,1-3H3. The smallest absolute Gasteiger partial charge is 0.0300 e. The molecule has 1 aromatic carbocycles. The summed E-state index contributed by atoms with van der Waals surface area (Å²) in [7, 11) is 0. The van der Waals surface area contributed by atoms with Crippen LogP contribution in [0.25, 0.3) is 0 Å². The van der Waals surface area contributed by atoms with E-state index in [9.17, 15) is 0 Å². The van der Waals surface area contributed by atoms with Gasteiger partial charge in [-0.25, -0.2) is 0 Å². The molecule has 1 aromatic heterocycles. The fraction of sp³-hybridized carbons (Fsp3) is 0.312. The highest BCUT2D eigenvalue weighted by atomic mass is 14.9. The molecule has 0 saturated heterocycles. The molecule has 2 nitrogen and oxygen atoms in total. The van der Waals surface area contributed by atoms with Gasteiger partial charge in [-0.2, -0.15) is 0 Å². The van der Waals surface area contributed by atoms with Gasteiger partial charge < -0.3 is 5.32 Å². The minimum Gasteiger partial charge on any atom is -0.306 e. The maximum Gasteiger partial charge on any atom is 0.0300 e. The molecule has 2 heteroatoms. The minimum absolute atomic E-state index is 0.360. The van der Waals surface area contributed by atoms with E-state index in [2.05, 4.69) is 61.4 Å². The van der Waals surface area contributed by atoms with Crippen LogP contribution < -0.4 is 5.32 Å². The summed E-state index contributed by atoms with van der Waals surface area (Å²) in [5, 5.41) is 3.57. The lowest BCUT2D eigenvalue weighted by atomic mass is 10.0. The van der Waals surface area contributed by atoms with Crippen molar-refractivity contribution in [2.24, 2.45) is 0 Å². The largest absolute Gasteiger partial charge is 0.306 e. The van der Waals surface area contributed by atoms with Crippen LogP contribution in [-0.2, 0) is 6.54 Å². The Hall–Kier alpha value is -1.67. The molecule has 18 heavy (non-hydrogen) atoms. The Morgan fingerprint density at radius 3 is 2.61 bits per heavy atom. The summed E-state index contributed by atoms with van der Waals surface area (Å²) >= 11 is 0. The molecule has 1 unspecified atom stereocenters. The van der Waals surface area contributed by atoms with Crippen molar-refractivity contribution in [1.82, 2.24) is 10.3 Å². The van der Waals surface area contributed by atoms with Gasteiger partial charge in [-0.3, -0.25) is 4.98 Å². The van der Waals surface area contributed by atoms with Gasteiger partial charge >= 0.3 is 0 Å². The minimum atomic E-state index is 0.360. The summed E-state index contributed by atoms with van der Waals surface area (Å²) in [5.41, 5.74) is 5.25. The molecular weight excluding hydrogens is 220 g/mol. The van der Waals surface area contributed by atoms with Gasteiger partial charge in [0.1, 0.15) is 0 Å². The van der Waals surface area contributed by atoms with E-state index in [1.165, 1.54) is 22.3 Å². The molecule has 1 N–H and O–H groups in total. The first-order chi connectivity index (χ1) is 8.68. The van der Waals surface area contributed by atoms with Crippen molar-refractivity contribution >= 4 is 0 Å². The van der Waals surface area contributed by atoms with E-state index in [1.807, 2.05) is 12.4 Å². The van der Waals surface area contributed by atoms with Crippen LogP contribution in [-0.4, -0.2) is 4.98 Å². The zero-order chi connectivity index (χ0) is 13.0. The summed E-state index contributed by atoms with van der Waals surface area (Å²) in [5.74, 6) is 0. The fourth-order valence-electron chi connectivity index (χ4n) is 2.15. The highest BCUT2D eigenvalue weighted by Crippen LogP contribution is 2.17. The number of hydrogen-bond donors (Lipinski definition) is 1. The summed E-state index contributed by atoms with van der Waals surface area (Å²) in [4.78, 5) is 4.12.